The first-order chi connectivity index (χ1) is 11.4. The minimum Gasteiger partial charge on any atom is -0.496 e. The Morgan fingerprint density at radius 2 is 2.04 bits per heavy atom. The second kappa shape index (κ2) is 7.47. The molecule has 1 heterocycles. The first-order valence-corrected chi connectivity index (χ1v) is 8.30. The lowest BCUT2D eigenvalue weighted by atomic mass is 10.1. The summed E-state index contributed by atoms with van der Waals surface area (Å²) in [6, 6.07) is 7.03. The zero-order valence-electron chi connectivity index (χ0n) is 13.1. The number of nitrogens with zero attached hydrogens (tertiary/aromatic N) is 1. The van der Waals surface area contributed by atoms with Gasteiger partial charge in [0.15, 0.2) is 0 Å². The van der Waals surface area contributed by atoms with Crippen molar-refractivity contribution in [1.29, 1.82) is 5.26 Å². The summed E-state index contributed by atoms with van der Waals surface area (Å²) in [7, 11) is 2.73. The lowest BCUT2D eigenvalue weighted by Gasteiger charge is -2.09. The van der Waals surface area contributed by atoms with Crippen molar-refractivity contribution in [3.05, 3.63) is 44.2 Å². The Morgan fingerprint density at radius 1 is 1.33 bits per heavy atom. The van der Waals surface area contributed by atoms with Gasteiger partial charge in [0.1, 0.15) is 21.7 Å². The molecule has 0 spiro atoms. The summed E-state index contributed by atoms with van der Waals surface area (Å²) in [4.78, 5) is 24.6. The number of carbonyl (C=O) groups excluding carboxylic acids is 2. The van der Waals surface area contributed by atoms with Crippen LogP contribution >= 0.6 is 27.3 Å². The zero-order chi connectivity index (χ0) is 17.9. The number of halogens is 1. The average Bonchev–Trinajstić information content (AvgIpc) is 2.89. The van der Waals surface area contributed by atoms with Crippen molar-refractivity contribution in [3.63, 3.8) is 0 Å². The van der Waals surface area contributed by atoms with Crippen molar-refractivity contribution in [2.24, 2.45) is 0 Å². The Labute approximate surface area is 151 Å². The monoisotopic (exact) mass is 408 g/mol. The van der Waals surface area contributed by atoms with Crippen molar-refractivity contribution in [1.82, 2.24) is 0 Å². The Morgan fingerprint density at radius 3 is 2.62 bits per heavy atom. The van der Waals surface area contributed by atoms with Crippen molar-refractivity contribution in [3.8, 4) is 11.8 Å². The number of methoxy groups -OCH3 is 2. The number of ether oxygens (including phenoxy) is 2. The molecule has 0 radical (unpaired) electrons. The van der Waals surface area contributed by atoms with E-state index < -0.39 is 11.9 Å². The third kappa shape index (κ3) is 3.42. The highest BCUT2D eigenvalue weighted by molar-refractivity contribution is 9.10. The van der Waals surface area contributed by atoms with Gasteiger partial charge in [-0.2, -0.15) is 5.26 Å². The van der Waals surface area contributed by atoms with E-state index in [0.29, 0.717) is 26.4 Å². The van der Waals surface area contributed by atoms with Gasteiger partial charge in [-0.05, 0) is 30.7 Å². The van der Waals surface area contributed by atoms with Crippen LogP contribution in [-0.2, 0) is 4.74 Å². The van der Waals surface area contributed by atoms with E-state index in [9.17, 15) is 14.9 Å². The van der Waals surface area contributed by atoms with Gasteiger partial charge in [-0.15, -0.1) is 11.3 Å². The average molecular weight is 409 g/mol. The molecular weight excluding hydrogens is 396 g/mol. The van der Waals surface area contributed by atoms with E-state index in [4.69, 9.17) is 9.47 Å². The van der Waals surface area contributed by atoms with Crippen LogP contribution in [0.2, 0.25) is 0 Å². The van der Waals surface area contributed by atoms with Gasteiger partial charge in [0.2, 0.25) is 0 Å². The van der Waals surface area contributed by atoms with Gasteiger partial charge >= 0.3 is 5.97 Å². The predicted molar refractivity (Wildman–Crippen MR) is 93.8 cm³/mol. The smallest absolute Gasteiger partial charge is 0.348 e. The highest BCUT2D eigenvalue weighted by Crippen LogP contribution is 2.34. The van der Waals surface area contributed by atoms with Crippen LogP contribution in [0.15, 0.2) is 22.7 Å². The quantitative estimate of drug-likeness (QED) is 0.778. The molecule has 24 heavy (non-hydrogen) atoms. The largest absolute Gasteiger partial charge is 0.496 e. The molecule has 0 aliphatic carbocycles. The van der Waals surface area contributed by atoms with Crippen LogP contribution in [-0.4, -0.2) is 26.1 Å². The number of hydrogen-bond donors (Lipinski definition) is 1. The number of nitriles is 1. The lowest BCUT2D eigenvalue weighted by Crippen LogP contribution is -2.13. The molecule has 0 fully saturated rings. The molecule has 0 atom stereocenters. The van der Waals surface area contributed by atoms with Crippen LogP contribution in [0.25, 0.3) is 0 Å². The number of anilines is 1. The molecule has 0 saturated heterocycles. The molecule has 2 rings (SSSR count). The highest BCUT2D eigenvalue weighted by atomic mass is 79.9. The van der Waals surface area contributed by atoms with Gasteiger partial charge < -0.3 is 14.8 Å². The molecule has 0 bridgehead atoms. The van der Waals surface area contributed by atoms with Crippen molar-refractivity contribution in [2.75, 3.05) is 19.5 Å². The minimum absolute atomic E-state index is 0.239. The van der Waals surface area contributed by atoms with Gasteiger partial charge in [0.25, 0.3) is 5.91 Å². The van der Waals surface area contributed by atoms with Crippen LogP contribution in [0.4, 0.5) is 5.00 Å². The fraction of sp³-hybridized carbons (Fsp3) is 0.188. The number of rotatable bonds is 4. The van der Waals surface area contributed by atoms with E-state index >= 15 is 0 Å². The molecule has 6 nitrogen and oxygen atoms in total. The molecule has 1 N–H and O–H groups in total. The van der Waals surface area contributed by atoms with Crippen LogP contribution in [0, 0.1) is 18.3 Å². The van der Waals surface area contributed by atoms with Gasteiger partial charge in [-0.25, -0.2) is 4.79 Å². The molecule has 0 aliphatic rings. The number of benzene rings is 1. The molecular formula is C16H13BrN2O4S. The molecule has 0 unspecified atom stereocenters. The summed E-state index contributed by atoms with van der Waals surface area (Å²) in [5.41, 5.74) is 1.02. The number of carbonyl (C=O) groups is 2. The summed E-state index contributed by atoms with van der Waals surface area (Å²) in [6.45, 7) is 1.64. The van der Waals surface area contributed by atoms with Crippen molar-refractivity contribution in [2.45, 2.75) is 6.92 Å². The van der Waals surface area contributed by atoms with Crippen molar-refractivity contribution < 1.29 is 19.1 Å². The first kappa shape index (κ1) is 18.0. The van der Waals surface area contributed by atoms with E-state index in [-0.39, 0.29) is 10.4 Å². The standard InChI is InChI=1S/C16H13BrN2O4S/c1-8-11(7-18)15(24-13(8)16(21)23-3)19-14(20)10-6-9(17)4-5-12(10)22-2/h4-6H,1-3H3,(H,19,20). The molecule has 1 aromatic heterocycles. The van der Waals surface area contributed by atoms with Crippen LogP contribution in [0.1, 0.15) is 31.2 Å². The Kier molecular flexibility index (Phi) is 5.59. The first-order valence-electron chi connectivity index (χ1n) is 6.69. The molecule has 2 aromatic rings. The molecule has 8 heteroatoms. The van der Waals surface area contributed by atoms with Gasteiger partial charge in [0.05, 0.1) is 25.3 Å². The highest BCUT2D eigenvalue weighted by Gasteiger charge is 2.23. The van der Waals surface area contributed by atoms with Crippen molar-refractivity contribution >= 4 is 44.1 Å². The summed E-state index contributed by atoms with van der Waals surface area (Å²) < 4.78 is 10.6. The molecule has 1 amide bonds. The minimum atomic E-state index is -0.547. The maximum Gasteiger partial charge on any atom is 0.348 e. The van der Waals surface area contributed by atoms with E-state index in [1.165, 1.54) is 14.2 Å². The normalized spacial score (nSPS) is 9.96. The second-order valence-electron chi connectivity index (χ2n) is 4.66. The van der Waals surface area contributed by atoms with E-state index in [0.717, 1.165) is 11.3 Å². The zero-order valence-corrected chi connectivity index (χ0v) is 15.5. The Balaban J connectivity index is 2.42. The fourth-order valence-electron chi connectivity index (χ4n) is 2.05. The number of nitrogens with one attached hydrogen (secondary N) is 1. The summed E-state index contributed by atoms with van der Waals surface area (Å²) >= 11 is 4.31. The number of esters is 1. The summed E-state index contributed by atoms with van der Waals surface area (Å²) in [6.07, 6.45) is 0. The second-order valence-corrected chi connectivity index (χ2v) is 6.60. The molecule has 124 valence electrons. The van der Waals surface area contributed by atoms with Gasteiger partial charge in [-0.3, -0.25) is 4.79 Å². The van der Waals surface area contributed by atoms with Crippen LogP contribution in [0.3, 0.4) is 0 Å². The number of amides is 1. The Bertz CT molecular complexity index is 854. The summed E-state index contributed by atoms with van der Waals surface area (Å²) in [5.74, 6) is -0.590. The van der Waals surface area contributed by atoms with E-state index in [2.05, 4.69) is 21.2 Å². The van der Waals surface area contributed by atoms with E-state index in [1.807, 2.05) is 6.07 Å². The Hall–Kier alpha value is -2.37. The summed E-state index contributed by atoms with van der Waals surface area (Å²) in [5, 5.41) is 12.3. The third-order valence-corrected chi connectivity index (χ3v) is 4.94. The molecule has 1 aromatic carbocycles. The SMILES string of the molecule is COC(=O)c1sc(NC(=O)c2cc(Br)ccc2OC)c(C#N)c1C. The van der Waals surface area contributed by atoms with Gasteiger partial charge in [0, 0.05) is 4.47 Å². The van der Waals surface area contributed by atoms with E-state index in [1.54, 1.807) is 25.1 Å². The number of thiophene rings is 1. The maximum absolute atomic E-state index is 12.5. The molecule has 0 saturated carbocycles. The molecule has 0 aliphatic heterocycles. The third-order valence-electron chi connectivity index (χ3n) is 3.26. The van der Waals surface area contributed by atoms with Gasteiger partial charge in [-0.1, -0.05) is 15.9 Å². The van der Waals surface area contributed by atoms with Crippen LogP contribution in [0.5, 0.6) is 5.75 Å². The number of hydrogen-bond acceptors (Lipinski definition) is 6. The predicted octanol–water partition coefficient (Wildman–Crippen LogP) is 3.74. The fourth-order valence-corrected chi connectivity index (χ4v) is 3.48. The van der Waals surface area contributed by atoms with Crippen LogP contribution < -0.4 is 10.1 Å². The lowest BCUT2D eigenvalue weighted by molar-refractivity contribution is 0.0605. The maximum atomic E-state index is 12.5. The topological polar surface area (TPSA) is 88.4 Å².